The van der Waals surface area contributed by atoms with Crippen LogP contribution in [0.5, 0.6) is 0 Å². The summed E-state index contributed by atoms with van der Waals surface area (Å²) in [6.45, 7) is 3.94. The van der Waals surface area contributed by atoms with Gasteiger partial charge in [-0.25, -0.2) is 4.79 Å². The summed E-state index contributed by atoms with van der Waals surface area (Å²) in [6, 6.07) is 7.87. The highest BCUT2D eigenvalue weighted by Gasteiger charge is 2.22. The van der Waals surface area contributed by atoms with Crippen LogP contribution in [0.3, 0.4) is 0 Å². The second-order valence-corrected chi connectivity index (χ2v) is 7.02. The predicted octanol–water partition coefficient (Wildman–Crippen LogP) is 2.05. The maximum Gasteiger partial charge on any atom is 0.332 e. The average molecular weight is 402 g/mol. The first-order chi connectivity index (χ1) is 11.8. The minimum Gasteiger partial charge on any atom is -0.283 e. The van der Waals surface area contributed by atoms with Crippen LogP contribution in [0.25, 0.3) is 22.6 Å². The van der Waals surface area contributed by atoms with Crippen molar-refractivity contribution >= 4 is 32.9 Å². The lowest BCUT2D eigenvalue weighted by molar-refractivity contribution is 0.707. The summed E-state index contributed by atoms with van der Waals surface area (Å²) < 4.78 is 7.32. The van der Waals surface area contributed by atoms with E-state index in [0.717, 1.165) is 26.1 Å². The molecule has 0 aliphatic heterocycles. The maximum atomic E-state index is 12.7. The van der Waals surface area contributed by atoms with Crippen LogP contribution in [0.1, 0.15) is 11.4 Å². The molecule has 3 heterocycles. The first-order valence-electron chi connectivity index (χ1n) is 7.75. The van der Waals surface area contributed by atoms with Crippen LogP contribution in [0.15, 0.2) is 38.3 Å². The Balaban J connectivity index is 2.24. The monoisotopic (exact) mass is 401 g/mol. The van der Waals surface area contributed by atoms with Crippen LogP contribution in [0, 0.1) is 13.8 Å². The summed E-state index contributed by atoms with van der Waals surface area (Å²) in [6.07, 6.45) is 0. The second kappa shape index (κ2) is 5.19. The van der Waals surface area contributed by atoms with Crippen molar-refractivity contribution in [2.75, 3.05) is 0 Å². The van der Waals surface area contributed by atoms with Gasteiger partial charge in [0.1, 0.15) is 0 Å². The van der Waals surface area contributed by atoms with E-state index in [4.69, 9.17) is 0 Å². The molecule has 0 unspecified atom stereocenters. The highest BCUT2D eigenvalue weighted by Crippen LogP contribution is 2.25. The van der Waals surface area contributed by atoms with Crippen molar-refractivity contribution < 1.29 is 0 Å². The van der Waals surface area contributed by atoms with E-state index >= 15 is 0 Å². The van der Waals surface area contributed by atoms with Crippen LogP contribution < -0.4 is 11.2 Å². The molecule has 25 heavy (non-hydrogen) atoms. The van der Waals surface area contributed by atoms with Crippen molar-refractivity contribution in [3.63, 3.8) is 0 Å². The lowest BCUT2D eigenvalue weighted by Gasteiger charge is -2.06. The number of nitrogens with zero attached hydrogens (tertiary/aromatic N) is 5. The number of benzene rings is 1. The lowest BCUT2D eigenvalue weighted by Crippen LogP contribution is -2.37. The molecule has 128 valence electrons. The Morgan fingerprint density at radius 3 is 2.24 bits per heavy atom. The molecule has 4 aromatic rings. The highest BCUT2D eigenvalue weighted by molar-refractivity contribution is 9.10. The molecule has 0 radical (unpaired) electrons. The number of hydrogen-bond acceptors (Lipinski definition) is 3. The largest absolute Gasteiger partial charge is 0.332 e. The van der Waals surface area contributed by atoms with Gasteiger partial charge in [0, 0.05) is 35.6 Å². The molecule has 0 saturated heterocycles. The molecular weight excluding hydrogens is 386 g/mol. The predicted molar refractivity (Wildman–Crippen MR) is 99.7 cm³/mol. The van der Waals surface area contributed by atoms with Gasteiger partial charge in [0.25, 0.3) is 5.56 Å². The molecule has 0 saturated carbocycles. The van der Waals surface area contributed by atoms with E-state index in [1.54, 1.807) is 7.05 Å². The molecule has 8 heteroatoms. The van der Waals surface area contributed by atoms with Gasteiger partial charge in [-0.3, -0.25) is 22.9 Å². The zero-order valence-corrected chi connectivity index (χ0v) is 15.8. The highest BCUT2D eigenvalue weighted by atomic mass is 79.9. The number of hydrogen-bond donors (Lipinski definition) is 0. The van der Waals surface area contributed by atoms with Crippen LogP contribution in [-0.4, -0.2) is 23.1 Å². The fourth-order valence-corrected chi connectivity index (χ4v) is 3.49. The fourth-order valence-electron chi connectivity index (χ4n) is 3.22. The summed E-state index contributed by atoms with van der Waals surface area (Å²) in [5.74, 6) is 0.616. The Labute approximate surface area is 150 Å². The van der Waals surface area contributed by atoms with Crippen LogP contribution in [0.4, 0.5) is 0 Å². The lowest BCUT2D eigenvalue weighted by atomic mass is 10.3. The van der Waals surface area contributed by atoms with Crippen LogP contribution in [-0.2, 0) is 14.1 Å². The zero-order chi connectivity index (χ0) is 18.0. The van der Waals surface area contributed by atoms with Crippen molar-refractivity contribution in [2.45, 2.75) is 13.8 Å². The van der Waals surface area contributed by atoms with E-state index in [-0.39, 0.29) is 11.2 Å². The SMILES string of the molecule is Cc1c(C)n2c3c(=O)n(C)c(=O)n(C)c3nc2n1-c1ccc(Br)cc1. The zero-order valence-electron chi connectivity index (χ0n) is 14.2. The third-order valence-corrected chi connectivity index (χ3v) is 5.25. The van der Waals surface area contributed by atoms with E-state index in [9.17, 15) is 9.59 Å². The quantitative estimate of drug-likeness (QED) is 0.490. The van der Waals surface area contributed by atoms with Gasteiger partial charge in [0.15, 0.2) is 11.2 Å². The van der Waals surface area contributed by atoms with Crippen molar-refractivity contribution in [1.82, 2.24) is 23.1 Å². The standard InChI is InChI=1S/C17H16BrN5O2/c1-9-10(2)23-13-14(20(3)17(25)21(4)15(13)24)19-16(23)22(9)12-7-5-11(18)6-8-12/h5-8H,1-4H3. The summed E-state index contributed by atoms with van der Waals surface area (Å²) in [5, 5.41) is 0. The van der Waals surface area contributed by atoms with Gasteiger partial charge in [-0.05, 0) is 38.1 Å². The summed E-state index contributed by atoms with van der Waals surface area (Å²) in [4.78, 5) is 29.5. The van der Waals surface area contributed by atoms with Gasteiger partial charge in [0.05, 0.1) is 0 Å². The molecule has 0 atom stereocenters. The number of aryl methyl sites for hydroxylation is 2. The minimum absolute atomic E-state index is 0.346. The first-order valence-corrected chi connectivity index (χ1v) is 8.54. The van der Waals surface area contributed by atoms with Gasteiger partial charge in [0.2, 0.25) is 5.78 Å². The van der Waals surface area contributed by atoms with Gasteiger partial charge in [-0.2, -0.15) is 4.98 Å². The van der Waals surface area contributed by atoms with Crippen molar-refractivity contribution in [3.05, 3.63) is 61.0 Å². The van der Waals surface area contributed by atoms with E-state index < -0.39 is 0 Å². The Bertz CT molecular complexity index is 1270. The van der Waals surface area contributed by atoms with E-state index in [1.165, 1.54) is 11.6 Å². The first kappa shape index (κ1) is 15.9. The smallest absolute Gasteiger partial charge is 0.283 e. The van der Waals surface area contributed by atoms with Gasteiger partial charge < -0.3 is 0 Å². The van der Waals surface area contributed by atoms with Crippen molar-refractivity contribution in [1.29, 1.82) is 0 Å². The maximum absolute atomic E-state index is 12.7. The Morgan fingerprint density at radius 2 is 1.60 bits per heavy atom. The number of rotatable bonds is 1. The third-order valence-electron chi connectivity index (χ3n) is 4.72. The molecule has 0 fully saturated rings. The number of halogens is 1. The minimum atomic E-state index is -0.386. The fraction of sp³-hybridized carbons (Fsp3) is 0.235. The topological polar surface area (TPSA) is 66.2 Å². The molecule has 0 spiro atoms. The molecule has 0 aliphatic rings. The van der Waals surface area contributed by atoms with E-state index in [0.29, 0.717) is 16.9 Å². The Morgan fingerprint density at radius 1 is 0.960 bits per heavy atom. The Hall–Kier alpha value is -2.61. The molecule has 0 bridgehead atoms. The van der Waals surface area contributed by atoms with Gasteiger partial charge in [-0.15, -0.1) is 0 Å². The molecule has 3 aromatic heterocycles. The van der Waals surface area contributed by atoms with Gasteiger partial charge >= 0.3 is 5.69 Å². The molecule has 7 nitrogen and oxygen atoms in total. The van der Waals surface area contributed by atoms with Crippen molar-refractivity contribution in [3.8, 4) is 5.69 Å². The molecule has 1 aromatic carbocycles. The molecule has 0 N–H and O–H groups in total. The van der Waals surface area contributed by atoms with Gasteiger partial charge in [-0.1, -0.05) is 15.9 Å². The number of fused-ring (bicyclic) bond motifs is 3. The summed E-state index contributed by atoms with van der Waals surface area (Å²) in [7, 11) is 3.11. The van der Waals surface area contributed by atoms with Crippen LogP contribution in [0.2, 0.25) is 0 Å². The van der Waals surface area contributed by atoms with Crippen molar-refractivity contribution in [2.24, 2.45) is 14.1 Å². The van der Waals surface area contributed by atoms with E-state index in [1.807, 2.05) is 47.1 Å². The Kier molecular flexibility index (Phi) is 3.30. The van der Waals surface area contributed by atoms with Crippen LogP contribution >= 0.6 is 15.9 Å². The second-order valence-electron chi connectivity index (χ2n) is 6.11. The summed E-state index contributed by atoms with van der Waals surface area (Å²) in [5.41, 5.74) is 2.91. The number of aromatic nitrogens is 5. The summed E-state index contributed by atoms with van der Waals surface area (Å²) >= 11 is 3.44. The molecule has 4 rings (SSSR count). The molecule has 0 aliphatic carbocycles. The number of imidazole rings is 2. The third kappa shape index (κ3) is 2.00. The molecular formula is C17H16BrN5O2. The van der Waals surface area contributed by atoms with E-state index in [2.05, 4.69) is 20.9 Å². The average Bonchev–Trinajstić information content (AvgIpc) is 3.09. The normalized spacial score (nSPS) is 11.7. The molecule has 0 amide bonds.